The van der Waals surface area contributed by atoms with Crippen LogP contribution in [0.4, 0.5) is 0 Å². The average molecular weight is 471 g/mol. The molecule has 0 aromatic heterocycles. The van der Waals surface area contributed by atoms with E-state index < -0.39 is 54.4 Å². The summed E-state index contributed by atoms with van der Waals surface area (Å²) < 4.78 is 27.1. The lowest BCUT2D eigenvalue weighted by Crippen LogP contribution is -2.59. The van der Waals surface area contributed by atoms with Gasteiger partial charge in [0, 0.05) is 33.3 Å². The van der Waals surface area contributed by atoms with E-state index >= 15 is 0 Å². The van der Waals surface area contributed by atoms with Crippen LogP contribution < -0.4 is 0 Å². The Hall–Kier alpha value is -2.98. The fourth-order valence-corrected chi connectivity index (χ4v) is 3.49. The van der Waals surface area contributed by atoms with Gasteiger partial charge in [-0.2, -0.15) is 0 Å². The second-order valence-corrected chi connectivity index (χ2v) is 7.43. The Labute approximate surface area is 189 Å². The maximum absolute atomic E-state index is 11.9. The molecule has 0 saturated carbocycles. The molecule has 0 spiro atoms. The fourth-order valence-electron chi connectivity index (χ4n) is 3.33. The predicted octanol–water partition coefficient (Wildman–Crippen LogP) is 1.95. The summed E-state index contributed by atoms with van der Waals surface area (Å²) in [4.78, 5) is 58.1. The maximum Gasteiger partial charge on any atom is 0.303 e. The van der Waals surface area contributed by atoms with E-state index in [1.165, 1.54) is 25.1 Å². The Balaban J connectivity index is 2.59. The number of hydrogen-bond acceptors (Lipinski definition) is 10. The lowest BCUT2D eigenvalue weighted by Gasteiger charge is -2.44. The Morgan fingerprint density at radius 3 is 2.00 bits per heavy atom. The number of ether oxygens (including phenoxy) is 5. The third-order valence-electron chi connectivity index (χ3n) is 4.47. The lowest BCUT2D eigenvalue weighted by atomic mass is 9.90. The number of halogens is 1. The largest absolute Gasteiger partial charge is 0.463 e. The van der Waals surface area contributed by atoms with E-state index in [0.717, 1.165) is 20.8 Å². The standard InChI is InChI=1S/C21H23ClO10/c1-10(24)28-9-17-19(29-11(2)25)21(31-13(4)27)20(30-12(3)26)18(32-17)14-5-6-16(22)15(7-14)8-23/h5-8,17-21H,9H2,1-4H3/t17-,18+,19-,20+,21+/m1/s1. The van der Waals surface area contributed by atoms with Gasteiger partial charge in [0.2, 0.25) is 0 Å². The number of rotatable bonds is 7. The second kappa shape index (κ2) is 11.1. The summed E-state index contributed by atoms with van der Waals surface area (Å²) in [7, 11) is 0. The molecule has 10 nitrogen and oxygen atoms in total. The van der Waals surface area contributed by atoms with E-state index in [9.17, 15) is 24.0 Å². The summed E-state index contributed by atoms with van der Waals surface area (Å²) >= 11 is 6.01. The van der Waals surface area contributed by atoms with E-state index in [1.54, 1.807) is 0 Å². The molecular weight excluding hydrogens is 448 g/mol. The smallest absolute Gasteiger partial charge is 0.303 e. The highest BCUT2D eigenvalue weighted by molar-refractivity contribution is 6.32. The van der Waals surface area contributed by atoms with Crippen molar-refractivity contribution in [3.8, 4) is 0 Å². The summed E-state index contributed by atoms with van der Waals surface area (Å²) in [5, 5.41) is 0.189. The number of esters is 4. The minimum Gasteiger partial charge on any atom is -0.463 e. The van der Waals surface area contributed by atoms with Crippen LogP contribution >= 0.6 is 11.6 Å². The first kappa shape index (κ1) is 25.3. The molecule has 1 aromatic carbocycles. The number of carbonyl (C=O) groups is 5. The van der Waals surface area contributed by atoms with E-state index in [0.29, 0.717) is 11.8 Å². The number of benzene rings is 1. The van der Waals surface area contributed by atoms with Crippen molar-refractivity contribution in [3.05, 3.63) is 34.3 Å². The Kier molecular flexibility index (Phi) is 8.73. The van der Waals surface area contributed by atoms with E-state index in [4.69, 9.17) is 35.3 Å². The number of carbonyl (C=O) groups excluding carboxylic acids is 5. The molecule has 32 heavy (non-hydrogen) atoms. The van der Waals surface area contributed by atoms with Crippen molar-refractivity contribution in [3.63, 3.8) is 0 Å². The van der Waals surface area contributed by atoms with Crippen LogP contribution in [0.15, 0.2) is 18.2 Å². The molecule has 1 aliphatic rings. The molecule has 0 bridgehead atoms. The number of aldehydes is 1. The van der Waals surface area contributed by atoms with Gasteiger partial charge in [-0.1, -0.05) is 17.7 Å². The molecular formula is C21H23ClO10. The van der Waals surface area contributed by atoms with Crippen molar-refractivity contribution in [1.82, 2.24) is 0 Å². The zero-order valence-corrected chi connectivity index (χ0v) is 18.6. The SMILES string of the molecule is CC(=O)OC[C@H]1O[C@@H](c2ccc(Cl)c(C=O)c2)[C@H](OC(C)=O)[C@@H](OC(C)=O)[C@@H]1OC(C)=O. The van der Waals surface area contributed by atoms with Crippen LogP contribution in [0.1, 0.15) is 49.7 Å². The molecule has 0 unspecified atom stereocenters. The van der Waals surface area contributed by atoms with E-state index in [-0.39, 0.29) is 17.2 Å². The molecule has 0 N–H and O–H groups in total. The van der Waals surface area contributed by atoms with Crippen molar-refractivity contribution in [1.29, 1.82) is 0 Å². The first-order valence-electron chi connectivity index (χ1n) is 9.58. The summed E-state index contributed by atoms with van der Waals surface area (Å²) in [6.45, 7) is 4.25. The first-order chi connectivity index (χ1) is 15.0. The predicted molar refractivity (Wildman–Crippen MR) is 108 cm³/mol. The molecule has 1 aliphatic heterocycles. The highest BCUT2D eigenvalue weighted by Crippen LogP contribution is 2.38. The van der Waals surface area contributed by atoms with Crippen LogP contribution in [0.3, 0.4) is 0 Å². The second-order valence-electron chi connectivity index (χ2n) is 7.02. The van der Waals surface area contributed by atoms with Gasteiger partial charge in [-0.3, -0.25) is 24.0 Å². The van der Waals surface area contributed by atoms with E-state index in [1.807, 2.05) is 0 Å². The highest BCUT2D eigenvalue weighted by Gasteiger charge is 2.52. The zero-order valence-electron chi connectivity index (χ0n) is 17.9. The van der Waals surface area contributed by atoms with Crippen molar-refractivity contribution in [2.24, 2.45) is 0 Å². The van der Waals surface area contributed by atoms with Crippen molar-refractivity contribution >= 4 is 41.8 Å². The molecule has 2 rings (SSSR count). The molecule has 11 heteroatoms. The van der Waals surface area contributed by atoms with Gasteiger partial charge in [-0.15, -0.1) is 0 Å². The van der Waals surface area contributed by atoms with Gasteiger partial charge in [0.1, 0.15) is 18.8 Å². The van der Waals surface area contributed by atoms with Gasteiger partial charge in [-0.25, -0.2) is 0 Å². The highest BCUT2D eigenvalue weighted by atomic mass is 35.5. The summed E-state index contributed by atoms with van der Waals surface area (Å²) in [6.07, 6.45) is -5.43. The zero-order chi connectivity index (χ0) is 24.0. The molecule has 1 aromatic rings. The topological polar surface area (TPSA) is 132 Å². The summed E-state index contributed by atoms with van der Waals surface area (Å²) in [5.74, 6) is -2.79. The van der Waals surface area contributed by atoms with Crippen molar-refractivity contribution in [2.75, 3.05) is 6.61 Å². The molecule has 1 saturated heterocycles. The van der Waals surface area contributed by atoms with E-state index in [2.05, 4.69) is 0 Å². The quantitative estimate of drug-likeness (QED) is 0.331. The van der Waals surface area contributed by atoms with Gasteiger partial charge >= 0.3 is 23.9 Å². The minimum absolute atomic E-state index is 0.150. The van der Waals surface area contributed by atoms with Gasteiger partial charge in [-0.05, 0) is 17.7 Å². The molecule has 0 amide bonds. The molecule has 174 valence electrons. The Morgan fingerprint density at radius 2 is 1.47 bits per heavy atom. The molecule has 0 radical (unpaired) electrons. The third-order valence-corrected chi connectivity index (χ3v) is 4.81. The van der Waals surface area contributed by atoms with Crippen LogP contribution in [-0.2, 0) is 42.9 Å². The Bertz CT molecular complexity index is 899. The summed E-state index contributed by atoms with van der Waals surface area (Å²) in [5.41, 5.74) is 0.519. The maximum atomic E-state index is 11.9. The fraction of sp³-hybridized carbons (Fsp3) is 0.476. The van der Waals surface area contributed by atoms with Gasteiger partial charge in [0.05, 0.1) is 5.02 Å². The Morgan fingerprint density at radius 1 is 0.906 bits per heavy atom. The monoisotopic (exact) mass is 470 g/mol. The molecule has 1 heterocycles. The molecule has 5 atom stereocenters. The lowest BCUT2D eigenvalue weighted by molar-refractivity contribution is -0.254. The van der Waals surface area contributed by atoms with Gasteiger partial charge < -0.3 is 23.7 Å². The number of hydrogen-bond donors (Lipinski definition) is 0. The van der Waals surface area contributed by atoms with Crippen LogP contribution in [0, 0.1) is 0 Å². The summed E-state index contributed by atoms with van der Waals surface area (Å²) in [6, 6.07) is 4.42. The van der Waals surface area contributed by atoms with Crippen LogP contribution in [0.2, 0.25) is 5.02 Å². The van der Waals surface area contributed by atoms with Gasteiger partial charge in [0.15, 0.2) is 24.6 Å². The van der Waals surface area contributed by atoms with Crippen LogP contribution in [0.5, 0.6) is 0 Å². The van der Waals surface area contributed by atoms with Gasteiger partial charge in [0.25, 0.3) is 0 Å². The minimum atomic E-state index is -1.30. The van der Waals surface area contributed by atoms with Crippen LogP contribution in [0.25, 0.3) is 0 Å². The molecule has 0 aliphatic carbocycles. The third kappa shape index (κ3) is 6.51. The van der Waals surface area contributed by atoms with Crippen LogP contribution in [-0.4, -0.2) is 61.2 Å². The first-order valence-corrected chi connectivity index (χ1v) is 9.96. The molecule has 1 fully saturated rings. The van der Waals surface area contributed by atoms with Crippen molar-refractivity contribution in [2.45, 2.75) is 58.2 Å². The van der Waals surface area contributed by atoms with Crippen molar-refractivity contribution < 1.29 is 47.7 Å². The average Bonchev–Trinajstić information content (AvgIpc) is 2.69. The normalized spacial score (nSPS) is 24.7.